The Morgan fingerprint density at radius 1 is 0.889 bits per heavy atom. The smallest absolute Gasteiger partial charge is 0.0648 e. The number of hydrogen-bond donors (Lipinski definition) is 2. The summed E-state index contributed by atoms with van der Waals surface area (Å²) in [7, 11) is 0. The van der Waals surface area contributed by atoms with Crippen molar-refractivity contribution in [2.24, 2.45) is 40.4 Å². The van der Waals surface area contributed by atoms with Crippen molar-refractivity contribution in [3.63, 3.8) is 0 Å². The molecule has 0 amide bonds. The summed E-state index contributed by atoms with van der Waals surface area (Å²) in [6, 6.07) is 0. The van der Waals surface area contributed by atoms with Crippen molar-refractivity contribution in [3.8, 4) is 0 Å². The minimum absolute atomic E-state index is 0.384. The maximum Gasteiger partial charge on any atom is 0.0648 e. The van der Waals surface area contributed by atoms with Gasteiger partial charge in [-0.25, -0.2) is 0 Å². The van der Waals surface area contributed by atoms with Crippen molar-refractivity contribution < 1.29 is 10.2 Å². The molecule has 0 saturated heterocycles. The van der Waals surface area contributed by atoms with Gasteiger partial charge in [-0.15, -0.1) is 0 Å². The van der Waals surface area contributed by atoms with Crippen molar-refractivity contribution in [2.45, 2.75) is 116 Å². The molecule has 0 spiro atoms. The molecule has 0 aliphatic heterocycles. The first-order valence-electron chi connectivity index (χ1n) is 12.0. The van der Waals surface area contributed by atoms with E-state index in [2.05, 4.69) is 20.8 Å². The first-order valence-corrected chi connectivity index (χ1v) is 12.0. The molecule has 0 aromatic rings. The lowest BCUT2D eigenvalue weighted by Gasteiger charge is -2.62. The molecule has 0 aromatic heterocycles. The molecular weight excluding hydrogens is 332 g/mol. The molecule has 4 saturated carbocycles. The van der Waals surface area contributed by atoms with E-state index in [4.69, 9.17) is 0 Å². The quantitative estimate of drug-likeness (QED) is 0.639. The summed E-state index contributed by atoms with van der Waals surface area (Å²) in [5.41, 5.74) is -0.00837. The minimum atomic E-state index is -0.531. The minimum Gasteiger partial charge on any atom is -0.390 e. The Morgan fingerprint density at radius 2 is 1.59 bits per heavy atom. The first-order chi connectivity index (χ1) is 12.5. The van der Waals surface area contributed by atoms with Gasteiger partial charge in [0.15, 0.2) is 0 Å². The summed E-state index contributed by atoms with van der Waals surface area (Å²) < 4.78 is 0. The second-order valence-electron chi connectivity index (χ2n) is 12.3. The Kier molecular flexibility index (Phi) is 4.83. The normalized spacial score (nSPS) is 52.8. The van der Waals surface area contributed by atoms with E-state index in [1.54, 1.807) is 0 Å². The van der Waals surface area contributed by atoms with Crippen LogP contribution in [0.4, 0.5) is 0 Å². The summed E-state index contributed by atoms with van der Waals surface area (Å²) in [4.78, 5) is 0. The van der Waals surface area contributed by atoms with Crippen LogP contribution in [0.2, 0.25) is 0 Å². The van der Waals surface area contributed by atoms with E-state index in [-0.39, 0.29) is 5.60 Å². The third kappa shape index (κ3) is 3.21. The SMILES string of the molecule is CC[C@]1(O)CCC2(C)C(CCC3C2CCC2(C)C3CC[C@@H]2CC(C)(C)O)C1. The number of hydrogen-bond acceptors (Lipinski definition) is 2. The van der Waals surface area contributed by atoms with Crippen molar-refractivity contribution in [1.82, 2.24) is 0 Å². The lowest BCUT2D eigenvalue weighted by atomic mass is 9.43. The van der Waals surface area contributed by atoms with Crippen LogP contribution in [-0.2, 0) is 0 Å². The van der Waals surface area contributed by atoms with Gasteiger partial charge in [-0.2, -0.15) is 0 Å². The second kappa shape index (κ2) is 6.46. The Morgan fingerprint density at radius 3 is 2.26 bits per heavy atom. The molecule has 8 atom stereocenters. The van der Waals surface area contributed by atoms with E-state index >= 15 is 0 Å². The molecule has 4 rings (SSSR count). The molecule has 156 valence electrons. The zero-order chi connectivity index (χ0) is 19.7. The van der Waals surface area contributed by atoms with Crippen LogP contribution in [0.5, 0.6) is 0 Å². The fourth-order valence-corrected chi connectivity index (χ4v) is 8.69. The molecule has 6 unspecified atom stereocenters. The second-order valence-corrected chi connectivity index (χ2v) is 12.3. The summed E-state index contributed by atoms with van der Waals surface area (Å²) in [5.74, 6) is 4.07. The van der Waals surface area contributed by atoms with Crippen LogP contribution in [0.1, 0.15) is 105 Å². The predicted molar refractivity (Wildman–Crippen MR) is 111 cm³/mol. The maximum atomic E-state index is 10.9. The molecule has 4 aliphatic carbocycles. The van der Waals surface area contributed by atoms with E-state index in [9.17, 15) is 10.2 Å². The number of fused-ring (bicyclic) bond motifs is 5. The van der Waals surface area contributed by atoms with E-state index in [0.717, 1.165) is 49.4 Å². The van der Waals surface area contributed by atoms with E-state index in [0.29, 0.717) is 16.7 Å². The Hall–Kier alpha value is -0.0800. The highest BCUT2D eigenvalue weighted by atomic mass is 16.3. The van der Waals surface area contributed by atoms with Crippen LogP contribution in [-0.4, -0.2) is 21.4 Å². The monoisotopic (exact) mass is 376 g/mol. The fraction of sp³-hybridized carbons (Fsp3) is 1.00. The Labute approximate surface area is 167 Å². The molecule has 2 heteroatoms. The Balaban J connectivity index is 1.55. The molecule has 2 nitrogen and oxygen atoms in total. The number of aliphatic hydroxyl groups is 2. The zero-order valence-electron chi connectivity index (χ0n) is 18.6. The Bertz CT molecular complexity index is 565. The lowest BCUT2D eigenvalue weighted by Crippen LogP contribution is -2.56. The highest BCUT2D eigenvalue weighted by molar-refractivity contribution is 5.10. The summed E-state index contributed by atoms with van der Waals surface area (Å²) in [5, 5.41) is 21.4. The first kappa shape index (κ1) is 20.2. The molecule has 0 aromatic carbocycles. The van der Waals surface area contributed by atoms with Crippen molar-refractivity contribution in [2.75, 3.05) is 0 Å². The third-order valence-electron chi connectivity index (χ3n) is 10.4. The molecular formula is C25H44O2. The van der Waals surface area contributed by atoms with E-state index in [1.807, 2.05) is 13.8 Å². The highest BCUT2D eigenvalue weighted by Gasteiger charge is 2.61. The highest BCUT2D eigenvalue weighted by Crippen LogP contribution is 2.68. The van der Waals surface area contributed by atoms with Crippen molar-refractivity contribution in [3.05, 3.63) is 0 Å². The standard InChI is InChI=1S/C25H44O2/c1-6-25(27)14-13-24(5)18(16-25)7-9-19-20-10-8-17(15-22(2,3)26)23(20,4)12-11-21(19)24/h17-21,26-27H,6-16H2,1-5H3/t17-,18?,19?,20?,21?,23?,24?,25+/m1/s1. The van der Waals surface area contributed by atoms with Crippen LogP contribution in [0, 0.1) is 40.4 Å². The molecule has 4 fully saturated rings. The van der Waals surface area contributed by atoms with Gasteiger partial charge < -0.3 is 10.2 Å². The van der Waals surface area contributed by atoms with Gasteiger partial charge >= 0.3 is 0 Å². The average Bonchev–Trinajstić information content (AvgIpc) is 2.91. The van der Waals surface area contributed by atoms with Crippen LogP contribution < -0.4 is 0 Å². The van der Waals surface area contributed by atoms with Gasteiger partial charge in [0.05, 0.1) is 11.2 Å². The molecule has 0 radical (unpaired) electrons. The summed E-state index contributed by atoms with van der Waals surface area (Å²) >= 11 is 0. The van der Waals surface area contributed by atoms with Crippen molar-refractivity contribution >= 4 is 0 Å². The van der Waals surface area contributed by atoms with Gasteiger partial charge in [0.25, 0.3) is 0 Å². The predicted octanol–water partition coefficient (Wildman–Crippen LogP) is 5.95. The van der Waals surface area contributed by atoms with Crippen LogP contribution in [0.25, 0.3) is 0 Å². The van der Waals surface area contributed by atoms with Crippen LogP contribution >= 0.6 is 0 Å². The fourth-order valence-electron chi connectivity index (χ4n) is 8.69. The average molecular weight is 377 g/mol. The van der Waals surface area contributed by atoms with Crippen LogP contribution in [0.3, 0.4) is 0 Å². The summed E-state index contributed by atoms with van der Waals surface area (Å²) in [6.45, 7) is 11.3. The van der Waals surface area contributed by atoms with Gasteiger partial charge in [0, 0.05) is 0 Å². The molecule has 2 N–H and O–H groups in total. The molecule has 0 bridgehead atoms. The topological polar surface area (TPSA) is 40.5 Å². The summed E-state index contributed by atoms with van der Waals surface area (Å²) in [6.07, 6.45) is 13.4. The van der Waals surface area contributed by atoms with Gasteiger partial charge in [0.2, 0.25) is 0 Å². The van der Waals surface area contributed by atoms with Gasteiger partial charge in [0.1, 0.15) is 0 Å². The van der Waals surface area contributed by atoms with Gasteiger partial charge in [-0.1, -0.05) is 20.8 Å². The van der Waals surface area contributed by atoms with Crippen molar-refractivity contribution in [1.29, 1.82) is 0 Å². The third-order valence-corrected chi connectivity index (χ3v) is 10.4. The molecule has 0 heterocycles. The molecule has 4 aliphatic rings. The number of rotatable bonds is 3. The molecule has 27 heavy (non-hydrogen) atoms. The maximum absolute atomic E-state index is 10.9. The van der Waals surface area contributed by atoms with E-state index < -0.39 is 5.60 Å². The van der Waals surface area contributed by atoms with Gasteiger partial charge in [-0.05, 0) is 125 Å². The van der Waals surface area contributed by atoms with Crippen LogP contribution in [0.15, 0.2) is 0 Å². The zero-order valence-corrected chi connectivity index (χ0v) is 18.6. The van der Waals surface area contributed by atoms with Gasteiger partial charge in [-0.3, -0.25) is 0 Å². The lowest BCUT2D eigenvalue weighted by molar-refractivity contribution is -0.152. The largest absolute Gasteiger partial charge is 0.390 e. The van der Waals surface area contributed by atoms with E-state index in [1.165, 1.54) is 44.9 Å².